The first-order valence-electron chi connectivity index (χ1n) is 15.3. The molecule has 0 amide bonds. The zero-order valence-corrected chi connectivity index (χ0v) is 28.4. The molecule has 0 fully saturated rings. The van der Waals surface area contributed by atoms with Crippen LogP contribution in [0.3, 0.4) is 0 Å². The van der Waals surface area contributed by atoms with E-state index in [0.717, 1.165) is 46.1 Å². The van der Waals surface area contributed by atoms with E-state index in [9.17, 15) is 18.4 Å². The topological polar surface area (TPSA) is 69.8 Å². The van der Waals surface area contributed by atoms with Crippen molar-refractivity contribution < 1.29 is 8.78 Å². The van der Waals surface area contributed by atoms with Gasteiger partial charge in [-0.1, -0.05) is 47.5 Å². The summed E-state index contributed by atoms with van der Waals surface area (Å²) in [7, 11) is 0. The second-order valence-electron chi connectivity index (χ2n) is 10.5. The zero-order chi connectivity index (χ0) is 34.5. The van der Waals surface area contributed by atoms with E-state index < -0.39 is 0 Å². The zero-order valence-electron chi connectivity index (χ0n) is 26.8. The molecule has 2 aromatic heterocycles. The molecule has 6 aromatic rings. The minimum atomic E-state index is -0.284. The first kappa shape index (κ1) is 35.5. The van der Waals surface area contributed by atoms with Crippen molar-refractivity contribution in [2.45, 2.75) is 46.7 Å². The van der Waals surface area contributed by atoms with Crippen molar-refractivity contribution in [3.05, 3.63) is 151 Å². The van der Waals surface area contributed by atoms with Crippen LogP contribution in [0.25, 0.3) is 21.8 Å². The number of aromatic nitrogens is 4. The summed E-state index contributed by atoms with van der Waals surface area (Å²) in [6, 6.07) is 23.0. The Morgan fingerprint density at radius 3 is 1.56 bits per heavy atom. The van der Waals surface area contributed by atoms with Crippen LogP contribution in [0.2, 0.25) is 0 Å². The van der Waals surface area contributed by atoms with Gasteiger partial charge in [0, 0.05) is 34.3 Å². The highest BCUT2D eigenvalue weighted by Crippen LogP contribution is 2.15. The monoisotopic (exact) mass is 706 g/mol. The van der Waals surface area contributed by atoms with Crippen LogP contribution in [0.1, 0.15) is 50.3 Å². The molecule has 48 heavy (non-hydrogen) atoms. The Bertz CT molecular complexity index is 2260. The number of benzene rings is 4. The van der Waals surface area contributed by atoms with Gasteiger partial charge >= 0.3 is 0 Å². The summed E-state index contributed by atoms with van der Waals surface area (Å²) in [6.07, 6.45) is 5.00. The summed E-state index contributed by atoms with van der Waals surface area (Å²) in [6.45, 7) is 7.19. The number of halogens is 3. The summed E-state index contributed by atoms with van der Waals surface area (Å²) in [5.74, 6) is 11.0. The lowest BCUT2D eigenvalue weighted by Crippen LogP contribution is -2.20. The van der Waals surface area contributed by atoms with Gasteiger partial charge in [-0.15, -0.1) is 5.92 Å². The molecule has 0 radical (unpaired) electrons. The maximum Gasteiger partial charge on any atom is 0.261 e. The Hall–Kier alpha value is -5.38. The van der Waals surface area contributed by atoms with Crippen LogP contribution in [-0.2, 0) is 13.1 Å². The molecule has 4 aromatic carbocycles. The van der Waals surface area contributed by atoms with Crippen molar-refractivity contribution >= 4 is 37.7 Å². The van der Waals surface area contributed by atoms with Crippen LogP contribution in [0.4, 0.5) is 8.78 Å². The Morgan fingerprint density at radius 2 is 1.06 bits per heavy atom. The third-order valence-corrected chi connectivity index (χ3v) is 7.34. The average molecular weight is 708 g/mol. The van der Waals surface area contributed by atoms with Crippen LogP contribution < -0.4 is 11.1 Å². The van der Waals surface area contributed by atoms with E-state index >= 15 is 0 Å². The molecule has 6 nitrogen and oxygen atoms in total. The van der Waals surface area contributed by atoms with Crippen molar-refractivity contribution in [1.82, 2.24) is 19.1 Å². The van der Waals surface area contributed by atoms with Gasteiger partial charge in [-0.05, 0) is 105 Å². The number of hydrogen-bond acceptors (Lipinski definition) is 4. The fraction of sp³-hybridized carbons (Fsp3) is 0.179. The molecular weight excluding hydrogens is 674 g/mol. The minimum Gasteiger partial charge on any atom is -0.299 e. The maximum absolute atomic E-state index is 12.9. The molecule has 0 spiro atoms. The van der Waals surface area contributed by atoms with E-state index in [4.69, 9.17) is 0 Å². The summed E-state index contributed by atoms with van der Waals surface area (Å²) >= 11 is 3.36. The van der Waals surface area contributed by atoms with Gasteiger partial charge in [-0.3, -0.25) is 18.7 Å². The van der Waals surface area contributed by atoms with Gasteiger partial charge in [0.2, 0.25) is 0 Å². The molecule has 0 aliphatic heterocycles. The standard InChI is InChI=1S/C19H15FN2O.C11H11BrN2O.C9H7F/c1-2-11-22-13-21-18-12-15(7-10-17(18)19(22)23)4-3-14-5-8-16(20)9-6-14;1-2-5-14-7-13-10-6-8(12)3-4-9(10)11(14)15;1-2-3-8-4-6-9(10)7-5-8/h5-10,12-13H,2,11H2,1H3;3-4,6-7H,2,5H2,1H3;4-7H,1H3. The predicted octanol–water partition coefficient (Wildman–Crippen LogP) is 8.11. The molecule has 0 unspecified atom stereocenters. The second kappa shape index (κ2) is 17.5. The van der Waals surface area contributed by atoms with Crippen LogP contribution in [0.5, 0.6) is 0 Å². The highest BCUT2D eigenvalue weighted by molar-refractivity contribution is 9.10. The van der Waals surface area contributed by atoms with Crippen molar-refractivity contribution in [2.24, 2.45) is 0 Å². The van der Waals surface area contributed by atoms with Gasteiger partial charge in [-0.2, -0.15) is 0 Å². The predicted molar refractivity (Wildman–Crippen MR) is 192 cm³/mol. The smallest absolute Gasteiger partial charge is 0.261 e. The van der Waals surface area contributed by atoms with Gasteiger partial charge in [0.15, 0.2) is 0 Å². The largest absolute Gasteiger partial charge is 0.299 e. The molecule has 0 aliphatic carbocycles. The van der Waals surface area contributed by atoms with Gasteiger partial charge in [0.25, 0.3) is 11.1 Å². The normalized spacial score (nSPS) is 10.0. The maximum atomic E-state index is 12.9. The van der Waals surface area contributed by atoms with E-state index in [2.05, 4.69) is 49.6 Å². The molecule has 6 rings (SSSR count). The summed E-state index contributed by atoms with van der Waals surface area (Å²) < 4.78 is 29.3. The van der Waals surface area contributed by atoms with Crippen molar-refractivity contribution in [2.75, 3.05) is 0 Å². The van der Waals surface area contributed by atoms with E-state index in [1.165, 1.54) is 24.3 Å². The Labute approximate surface area is 286 Å². The van der Waals surface area contributed by atoms with E-state index in [-0.39, 0.29) is 22.8 Å². The number of fused-ring (bicyclic) bond motifs is 2. The molecule has 9 heteroatoms. The fourth-order valence-corrected chi connectivity index (χ4v) is 4.87. The first-order chi connectivity index (χ1) is 23.2. The molecule has 0 N–H and O–H groups in total. The van der Waals surface area contributed by atoms with Crippen molar-refractivity contribution in [3.63, 3.8) is 0 Å². The molecule has 0 bridgehead atoms. The number of nitrogens with zero attached hydrogens (tertiary/aromatic N) is 4. The SMILES string of the molecule is CC#Cc1ccc(F)cc1.CCCn1cnc2cc(Br)ccc2c1=O.CCCn1cnc2cc(C#Cc3ccc(F)cc3)ccc2c1=O. The molecule has 0 saturated carbocycles. The third kappa shape index (κ3) is 9.81. The minimum absolute atomic E-state index is 0.0325. The summed E-state index contributed by atoms with van der Waals surface area (Å²) in [5.41, 5.74) is 3.72. The van der Waals surface area contributed by atoms with Gasteiger partial charge in [0.1, 0.15) is 11.6 Å². The van der Waals surface area contributed by atoms with Gasteiger partial charge in [-0.25, -0.2) is 18.7 Å². The molecule has 2 heterocycles. The van der Waals surface area contributed by atoms with Gasteiger partial charge < -0.3 is 0 Å². The van der Waals surface area contributed by atoms with Crippen LogP contribution >= 0.6 is 15.9 Å². The van der Waals surface area contributed by atoms with Crippen molar-refractivity contribution in [3.8, 4) is 23.7 Å². The molecule has 0 saturated heterocycles. The van der Waals surface area contributed by atoms with Gasteiger partial charge in [0.05, 0.1) is 34.5 Å². The molecule has 0 aliphatic rings. The van der Waals surface area contributed by atoms with E-state index in [0.29, 0.717) is 22.8 Å². The number of hydrogen-bond donors (Lipinski definition) is 0. The van der Waals surface area contributed by atoms with E-state index in [1.54, 1.807) is 77.2 Å². The Balaban J connectivity index is 0.000000178. The van der Waals surface area contributed by atoms with E-state index in [1.807, 2.05) is 26.0 Å². The highest BCUT2D eigenvalue weighted by atomic mass is 79.9. The average Bonchev–Trinajstić information content (AvgIpc) is 3.09. The lowest BCUT2D eigenvalue weighted by molar-refractivity contribution is 0.627. The summed E-state index contributed by atoms with van der Waals surface area (Å²) in [5, 5.41) is 1.27. The lowest BCUT2D eigenvalue weighted by Gasteiger charge is -2.04. The summed E-state index contributed by atoms with van der Waals surface area (Å²) in [4.78, 5) is 32.8. The molecular formula is C39H33BrF2N4O2. The lowest BCUT2D eigenvalue weighted by atomic mass is 10.1. The van der Waals surface area contributed by atoms with Crippen molar-refractivity contribution in [1.29, 1.82) is 0 Å². The Morgan fingerprint density at radius 1 is 0.625 bits per heavy atom. The fourth-order valence-electron chi connectivity index (χ4n) is 4.52. The second-order valence-corrected chi connectivity index (χ2v) is 11.4. The van der Waals surface area contributed by atoms with Crippen LogP contribution in [0, 0.1) is 35.3 Å². The first-order valence-corrected chi connectivity index (χ1v) is 16.1. The molecule has 0 atom stereocenters. The van der Waals surface area contributed by atoms with Crippen LogP contribution in [0.15, 0.2) is 112 Å². The highest BCUT2D eigenvalue weighted by Gasteiger charge is 2.05. The molecule has 242 valence electrons. The van der Waals surface area contributed by atoms with Crippen LogP contribution in [-0.4, -0.2) is 19.1 Å². The number of aryl methyl sites for hydroxylation is 2. The number of rotatable bonds is 4. The quantitative estimate of drug-likeness (QED) is 0.174. The third-order valence-electron chi connectivity index (χ3n) is 6.85. The Kier molecular flexibility index (Phi) is 12.9.